The first kappa shape index (κ1) is 17.2. The van der Waals surface area contributed by atoms with Crippen LogP contribution < -0.4 is 5.32 Å². The van der Waals surface area contributed by atoms with Crippen LogP contribution in [0.25, 0.3) is 11.0 Å². The molecule has 0 saturated carbocycles. The highest BCUT2D eigenvalue weighted by Crippen LogP contribution is 2.27. The van der Waals surface area contributed by atoms with E-state index in [0.717, 1.165) is 22.4 Å². The largest absolute Gasteiger partial charge is 0.458 e. The molecular weight excluding hydrogens is 320 g/mol. The molecule has 1 aromatic carbocycles. The molecule has 6 nitrogen and oxygen atoms in total. The van der Waals surface area contributed by atoms with Gasteiger partial charge in [0.05, 0.1) is 12.2 Å². The summed E-state index contributed by atoms with van der Waals surface area (Å²) < 4.78 is 10.8. The summed E-state index contributed by atoms with van der Waals surface area (Å²) in [5.74, 6) is 1.02. The Morgan fingerprint density at radius 3 is 2.76 bits per heavy atom. The monoisotopic (exact) mass is 342 g/mol. The zero-order valence-electron chi connectivity index (χ0n) is 14.6. The Kier molecular flexibility index (Phi) is 4.63. The summed E-state index contributed by atoms with van der Waals surface area (Å²) in [6.45, 7) is 5.39. The lowest BCUT2D eigenvalue weighted by molar-refractivity contribution is -0.122. The van der Waals surface area contributed by atoms with Crippen LogP contribution in [0.2, 0.25) is 0 Å². The van der Waals surface area contributed by atoms with Crippen molar-refractivity contribution in [1.82, 2.24) is 10.5 Å². The number of rotatable bonds is 6. The van der Waals surface area contributed by atoms with Gasteiger partial charge in [0.15, 0.2) is 0 Å². The number of carbonyl (C=O) groups excluding carboxylic acids is 1. The van der Waals surface area contributed by atoms with Crippen molar-refractivity contribution in [2.75, 3.05) is 6.54 Å². The van der Waals surface area contributed by atoms with Crippen LogP contribution >= 0.6 is 0 Å². The van der Waals surface area contributed by atoms with E-state index in [4.69, 9.17) is 8.94 Å². The Labute approximate surface area is 145 Å². The molecule has 0 bridgehead atoms. The summed E-state index contributed by atoms with van der Waals surface area (Å²) in [5, 5.41) is 18.2. The summed E-state index contributed by atoms with van der Waals surface area (Å²) in [7, 11) is 0. The van der Waals surface area contributed by atoms with Crippen LogP contribution in [0.3, 0.4) is 0 Å². The zero-order valence-corrected chi connectivity index (χ0v) is 14.6. The number of aromatic nitrogens is 1. The number of nitrogens with one attached hydrogen (secondary N) is 1. The van der Waals surface area contributed by atoms with Gasteiger partial charge in [-0.2, -0.15) is 0 Å². The van der Waals surface area contributed by atoms with Crippen molar-refractivity contribution in [1.29, 1.82) is 0 Å². The molecule has 0 unspecified atom stereocenters. The number of furan rings is 1. The van der Waals surface area contributed by atoms with Gasteiger partial charge in [0.1, 0.15) is 22.7 Å². The predicted octanol–water partition coefficient (Wildman–Crippen LogP) is 2.99. The molecule has 6 heteroatoms. The number of hydrogen-bond acceptors (Lipinski definition) is 5. The van der Waals surface area contributed by atoms with Gasteiger partial charge in [-0.15, -0.1) is 0 Å². The van der Waals surface area contributed by atoms with Gasteiger partial charge in [-0.05, 0) is 39.3 Å². The molecule has 3 rings (SSSR count). The third-order valence-electron chi connectivity index (χ3n) is 4.37. The van der Waals surface area contributed by atoms with E-state index in [1.54, 1.807) is 13.0 Å². The topological polar surface area (TPSA) is 88.5 Å². The van der Waals surface area contributed by atoms with Crippen molar-refractivity contribution < 1.29 is 18.8 Å². The highest BCUT2D eigenvalue weighted by molar-refractivity contribution is 5.78. The van der Waals surface area contributed by atoms with E-state index >= 15 is 0 Å². The van der Waals surface area contributed by atoms with Gasteiger partial charge in [-0.25, -0.2) is 0 Å². The molecule has 0 spiro atoms. The second-order valence-corrected chi connectivity index (χ2v) is 6.50. The molecular formula is C19H22N2O4. The average Bonchev–Trinajstić information content (AvgIpc) is 3.16. The van der Waals surface area contributed by atoms with Gasteiger partial charge in [-0.1, -0.05) is 23.4 Å². The van der Waals surface area contributed by atoms with Gasteiger partial charge < -0.3 is 19.4 Å². The molecule has 1 atom stereocenters. The molecule has 0 saturated heterocycles. The van der Waals surface area contributed by atoms with Crippen molar-refractivity contribution in [2.24, 2.45) is 0 Å². The highest BCUT2D eigenvalue weighted by atomic mass is 16.5. The Morgan fingerprint density at radius 1 is 1.32 bits per heavy atom. The number of aryl methyl sites for hydroxylation is 2. The van der Waals surface area contributed by atoms with Gasteiger partial charge >= 0.3 is 0 Å². The number of aliphatic hydroxyl groups is 1. The SMILES string of the molecule is Cc1noc(C)c1CCC(=O)NC[C@](C)(O)c1cc2ccccc2o1. The van der Waals surface area contributed by atoms with Crippen molar-refractivity contribution in [3.63, 3.8) is 0 Å². The van der Waals surface area contributed by atoms with Crippen LogP contribution in [0, 0.1) is 13.8 Å². The molecule has 0 radical (unpaired) electrons. The minimum atomic E-state index is -1.28. The number of amides is 1. The summed E-state index contributed by atoms with van der Waals surface area (Å²) in [6.07, 6.45) is 0.860. The van der Waals surface area contributed by atoms with E-state index in [1.165, 1.54) is 0 Å². The second kappa shape index (κ2) is 6.72. The third kappa shape index (κ3) is 3.74. The molecule has 0 fully saturated rings. The van der Waals surface area contributed by atoms with Crippen LogP contribution in [-0.4, -0.2) is 22.7 Å². The number of nitrogens with zero attached hydrogens (tertiary/aromatic N) is 1. The number of benzene rings is 1. The highest BCUT2D eigenvalue weighted by Gasteiger charge is 2.28. The third-order valence-corrected chi connectivity index (χ3v) is 4.37. The smallest absolute Gasteiger partial charge is 0.220 e. The number of hydrogen-bond donors (Lipinski definition) is 2. The van der Waals surface area contributed by atoms with Crippen LogP contribution in [0.1, 0.15) is 36.1 Å². The fourth-order valence-corrected chi connectivity index (χ4v) is 2.79. The van der Waals surface area contributed by atoms with Crippen molar-refractivity contribution in [3.8, 4) is 0 Å². The maximum absolute atomic E-state index is 12.1. The van der Waals surface area contributed by atoms with Gasteiger partial charge in [0, 0.05) is 17.4 Å². The van der Waals surface area contributed by atoms with Gasteiger partial charge in [0.2, 0.25) is 5.91 Å². The molecule has 1 amide bonds. The van der Waals surface area contributed by atoms with Crippen molar-refractivity contribution in [2.45, 2.75) is 39.2 Å². The predicted molar refractivity (Wildman–Crippen MR) is 93.1 cm³/mol. The fraction of sp³-hybridized carbons (Fsp3) is 0.368. The van der Waals surface area contributed by atoms with E-state index in [9.17, 15) is 9.90 Å². The Bertz CT molecular complexity index is 839. The summed E-state index contributed by atoms with van der Waals surface area (Å²) in [6, 6.07) is 9.34. The zero-order chi connectivity index (χ0) is 18.0. The Morgan fingerprint density at radius 2 is 2.08 bits per heavy atom. The summed E-state index contributed by atoms with van der Waals surface area (Å²) in [4.78, 5) is 12.1. The lowest BCUT2D eigenvalue weighted by atomic mass is 10.0. The minimum Gasteiger partial charge on any atom is -0.458 e. The lowest BCUT2D eigenvalue weighted by Crippen LogP contribution is -2.38. The lowest BCUT2D eigenvalue weighted by Gasteiger charge is -2.21. The Hall–Kier alpha value is -2.60. The molecule has 0 aliphatic heterocycles. The van der Waals surface area contributed by atoms with Crippen molar-refractivity contribution >= 4 is 16.9 Å². The second-order valence-electron chi connectivity index (χ2n) is 6.50. The van der Waals surface area contributed by atoms with E-state index in [0.29, 0.717) is 24.2 Å². The first-order chi connectivity index (χ1) is 11.9. The maximum Gasteiger partial charge on any atom is 0.220 e. The normalized spacial score (nSPS) is 13.8. The maximum atomic E-state index is 12.1. The van der Waals surface area contributed by atoms with E-state index in [1.807, 2.05) is 38.1 Å². The fourth-order valence-electron chi connectivity index (χ4n) is 2.79. The number of carbonyl (C=O) groups is 1. The van der Waals surface area contributed by atoms with E-state index < -0.39 is 5.60 Å². The standard InChI is InChI=1S/C19H22N2O4/c1-12-15(13(2)25-21-12)8-9-18(22)20-11-19(3,23)17-10-14-6-4-5-7-16(14)24-17/h4-7,10,23H,8-9,11H2,1-3H3,(H,20,22)/t19-/m0/s1. The van der Waals surface area contributed by atoms with Crippen molar-refractivity contribution in [3.05, 3.63) is 53.1 Å². The molecule has 0 aliphatic rings. The first-order valence-electron chi connectivity index (χ1n) is 8.27. The molecule has 25 heavy (non-hydrogen) atoms. The molecule has 0 aliphatic carbocycles. The molecule has 3 aromatic rings. The van der Waals surface area contributed by atoms with Gasteiger partial charge in [-0.3, -0.25) is 4.79 Å². The van der Waals surface area contributed by atoms with Crippen LogP contribution in [0.15, 0.2) is 39.3 Å². The minimum absolute atomic E-state index is 0.0766. The molecule has 2 N–H and O–H groups in total. The number of para-hydroxylation sites is 1. The molecule has 2 heterocycles. The summed E-state index contributed by atoms with van der Waals surface area (Å²) in [5.41, 5.74) is 1.19. The number of fused-ring (bicyclic) bond motifs is 1. The van der Waals surface area contributed by atoms with Crippen LogP contribution in [0.4, 0.5) is 0 Å². The quantitative estimate of drug-likeness (QED) is 0.719. The van der Waals surface area contributed by atoms with Crippen LogP contribution in [0.5, 0.6) is 0 Å². The Balaban J connectivity index is 1.58. The van der Waals surface area contributed by atoms with Crippen LogP contribution in [-0.2, 0) is 16.8 Å². The van der Waals surface area contributed by atoms with E-state index in [2.05, 4.69) is 10.5 Å². The summed E-state index contributed by atoms with van der Waals surface area (Å²) >= 11 is 0. The van der Waals surface area contributed by atoms with E-state index in [-0.39, 0.29) is 12.5 Å². The van der Waals surface area contributed by atoms with Gasteiger partial charge in [0.25, 0.3) is 0 Å². The molecule has 2 aromatic heterocycles. The average molecular weight is 342 g/mol. The first-order valence-corrected chi connectivity index (χ1v) is 8.27. The molecule has 132 valence electrons.